The largest absolute Gasteiger partial charge is 0.508 e. The fraction of sp³-hybridized carbons (Fsp3) is 0.333. The molecule has 0 unspecified atom stereocenters. The molecule has 72 valence electrons. The molecule has 1 rings (SSSR count). The van der Waals surface area contributed by atoms with Gasteiger partial charge in [-0.1, -0.05) is 0 Å². The van der Waals surface area contributed by atoms with Gasteiger partial charge in [0.2, 0.25) is 0 Å². The van der Waals surface area contributed by atoms with Gasteiger partial charge < -0.3 is 15.9 Å². The highest BCUT2D eigenvalue weighted by atomic mass is 19.1. The standard InChI is InChI=1S/C9H12FNO2/c1-5-6(10)2-3-8(13)9(5)7(11)4-12/h2-3,7,12-13H,4,11H2,1H3/t7-/m0/s1. The summed E-state index contributed by atoms with van der Waals surface area (Å²) in [6.45, 7) is 1.19. The van der Waals surface area contributed by atoms with E-state index in [1.165, 1.54) is 13.0 Å². The molecular formula is C9H12FNO2. The molecule has 0 spiro atoms. The molecule has 4 heteroatoms. The Balaban J connectivity index is 3.25. The maximum Gasteiger partial charge on any atom is 0.126 e. The fourth-order valence-electron chi connectivity index (χ4n) is 1.25. The zero-order chi connectivity index (χ0) is 10.0. The lowest BCUT2D eigenvalue weighted by Gasteiger charge is -2.14. The molecule has 0 heterocycles. The first-order valence-corrected chi connectivity index (χ1v) is 3.92. The zero-order valence-corrected chi connectivity index (χ0v) is 7.29. The van der Waals surface area contributed by atoms with Crippen LogP contribution >= 0.6 is 0 Å². The highest BCUT2D eigenvalue weighted by molar-refractivity contribution is 5.41. The number of hydrogen-bond acceptors (Lipinski definition) is 3. The van der Waals surface area contributed by atoms with E-state index in [9.17, 15) is 9.50 Å². The molecule has 0 saturated carbocycles. The third-order valence-electron chi connectivity index (χ3n) is 1.99. The molecule has 0 aromatic heterocycles. The van der Waals surface area contributed by atoms with Gasteiger partial charge in [-0.25, -0.2) is 4.39 Å². The van der Waals surface area contributed by atoms with Gasteiger partial charge in [0.1, 0.15) is 11.6 Å². The molecule has 0 amide bonds. The van der Waals surface area contributed by atoms with E-state index in [1.54, 1.807) is 0 Å². The van der Waals surface area contributed by atoms with E-state index in [-0.39, 0.29) is 23.5 Å². The molecule has 4 N–H and O–H groups in total. The maximum absolute atomic E-state index is 13.0. The van der Waals surface area contributed by atoms with Crippen molar-refractivity contribution in [1.82, 2.24) is 0 Å². The van der Waals surface area contributed by atoms with Crippen LogP contribution in [-0.2, 0) is 0 Å². The lowest BCUT2D eigenvalue weighted by molar-refractivity contribution is 0.264. The van der Waals surface area contributed by atoms with Gasteiger partial charge in [0, 0.05) is 5.56 Å². The smallest absolute Gasteiger partial charge is 0.126 e. The topological polar surface area (TPSA) is 66.5 Å². The van der Waals surface area contributed by atoms with Gasteiger partial charge in [-0.2, -0.15) is 0 Å². The number of benzene rings is 1. The summed E-state index contributed by atoms with van der Waals surface area (Å²) in [6, 6.07) is 1.65. The van der Waals surface area contributed by atoms with E-state index >= 15 is 0 Å². The second-order valence-corrected chi connectivity index (χ2v) is 2.89. The molecule has 0 bridgehead atoms. The summed E-state index contributed by atoms with van der Waals surface area (Å²) < 4.78 is 13.0. The lowest BCUT2D eigenvalue weighted by Crippen LogP contribution is -2.16. The Labute approximate surface area is 75.6 Å². The van der Waals surface area contributed by atoms with E-state index < -0.39 is 11.9 Å². The van der Waals surface area contributed by atoms with Crippen LogP contribution in [0, 0.1) is 12.7 Å². The van der Waals surface area contributed by atoms with Crippen LogP contribution in [-0.4, -0.2) is 16.8 Å². The van der Waals surface area contributed by atoms with Gasteiger partial charge >= 0.3 is 0 Å². The van der Waals surface area contributed by atoms with Crippen LogP contribution in [0.5, 0.6) is 5.75 Å². The molecule has 0 aliphatic heterocycles. The van der Waals surface area contributed by atoms with Crippen LogP contribution < -0.4 is 5.73 Å². The molecule has 13 heavy (non-hydrogen) atoms. The van der Waals surface area contributed by atoms with Crippen molar-refractivity contribution in [2.45, 2.75) is 13.0 Å². The summed E-state index contributed by atoms with van der Waals surface area (Å²) >= 11 is 0. The van der Waals surface area contributed by atoms with E-state index in [1.807, 2.05) is 0 Å². The van der Waals surface area contributed by atoms with Crippen LogP contribution in [0.1, 0.15) is 17.2 Å². The van der Waals surface area contributed by atoms with Gasteiger partial charge in [0.25, 0.3) is 0 Å². The fourth-order valence-corrected chi connectivity index (χ4v) is 1.25. The van der Waals surface area contributed by atoms with Crippen molar-refractivity contribution in [2.24, 2.45) is 5.73 Å². The van der Waals surface area contributed by atoms with E-state index in [0.29, 0.717) is 0 Å². The maximum atomic E-state index is 13.0. The highest BCUT2D eigenvalue weighted by Gasteiger charge is 2.15. The van der Waals surface area contributed by atoms with Crippen molar-refractivity contribution in [3.63, 3.8) is 0 Å². The number of rotatable bonds is 2. The first kappa shape index (κ1) is 9.95. The van der Waals surface area contributed by atoms with Crippen molar-refractivity contribution in [2.75, 3.05) is 6.61 Å². The average molecular weight is 185 g/mol. The van der Waals surface area contributed by atoms with E-state index in [2.05, 4.69) is 0 Å². The Bertz CT molecular complexity index is 315. The number of aromatic hydroxyl groups is 1. The number of aliphatic hydroxyl groups excluding tert-OH is 1. The molecule has 1 aromatic rings. The van der Waals surface area contributed by atoms with Crippen LogP contribution in [0.15, 0.2) is 12.1 Å². The van der Waals surface area contributed by atoms with Crippen molar-refractivity contribution >= 4 is 0 Å². The Morgan fingerprint density at radius 3 is 2.69 bits per heavy atom. The number of phenolic OH excluding ortho intramolecular Hbond substituents is 1. The van der Waals surface area contributed by atoms with Crippen molar-refractivity contribution in [3.8, 4) is 5.75 Å². The molecular weight excluding hydrogens is 173 g/mol. The predicted molar refractivity (Wildman–Crippen MR) is 46.8 cm³/mol. The van der Waals surface area contributed by atoms with E-state index in [0.717, 1.165) is 6.07 Å². The molecule has 0 aliphatic rings. The van der Waals surface area contributed by atoms with Crippen LogP contribution in [0.3, 0.4) is 0 Å². The summed E-state index contributed by atoms with van der Waals surface area (Å²) in [5.74, 6) is -0.517. The van der Waals surface area contributed by atoms with E-state index in [4.69, 9.17) is 10.8 Å². The Morgan fingerprint density at radius 1 is 1.54 bits per heavy atom. The lowest BCUT2D eigenvalue weighted by atomic mass is 10.0. The third kappa shape index (κ3) is 1.79. The second-order valence-electron chi connectivity index (χ2n) is 2.89. The van der Waals surface area contributed by atoms with Gasteiger partial charge in [-0.15, -0.1) is 0 Å². The van der Waals surface area contributed by atoms with Crippen LogP contribution in [0.25, 0.3) is 0 Å². The number of hydrogen-bond donors (Lipinski definition) is 3. The van der Waals surface area contributed by atoms with Crippen LogP contribution in [0.4, 0.5) is 4.39 Å². The Morgan fingerprint density at radius 2 is 2.15 bits per heavy atom. The highest BCUT2D eigenvalue weighted by Crippen LogP contribution is 2.27. The first-order chi connectivity index (χ1) is 6.07. The molecule has 0 saturated heterocycles. The van der Waals surface area contributed by atoms with Crippen LogP contribution in [0.2, 0.25) is 0 Å². The SMILES string of the molecule is Cc1c(F)ccc(O)c1[C@@H](N)CO. The zero-order valence-electron chi connectivity index (χ0n) is 7.29. The summed E-state index contributed by atoms with van der Waals surface area (Å²) in [7, 11) is 0. The minimum atomic E-state index is -0.740. The molecule has 0 radical (unpaired) electrons. The molecule has 0 fully saturated rings. The summed E-state index contributed by atoms with van der Waals surface area (Å²) in [5.41, 5.74) is 6.03. The molecule has 1 aromatic carbocycles. The third-order valence-corrected chi connectivity index (χ3v) is 1.99. The minimum absolute atomic E-state index is 0.0829. The minimum Gasteiger partial charge on any atom is -0.508 e. The normalized spacial score (nSPS) is 12.9. The molecule has 1 atom stereocenters. The van der Waals surface area contributed by atoms with Gasteiger partial charge in [0.15, 0.2) is 0 Å². The van der Waals surface area contributed by atoms with Crippen molar-refractivity contribution in [1.29, 1.82) is 0 Å². The molecule has 3 nitrogen and oxygen atoms in total. The summed E-state index contributed by atoms with van der Waals surface area (Å²) in [5, 5.41) is 18.1. The summed E-state index contributed by atoms with van der Waals surface area (Å²) in [4.78, 5) is 0. The number of phenols is 1. The number of nitrogens with two attached hydrogens (primary N) is 1. The quantitative estimate of drug-likeness (QED) is 0.639. The predicted octanol–water partition coefficient (Wildman–Crippen LogP) is 0.832. The molecule has 0 aliphatic carbocycles. The van der Waals surface area contributed by atoms with Gasteiger partial charge in [-0.05, 0) is 24.6 Å². The number of aliphatic hydroxyl groups is 1. The van der Waals surface area contributed by atoms with Gasteiger partial charge in [0.05, 0.1) is 12.6 Å². The van der Waals surface area contributed by atoms with Crippen molar-refractivity contribution in [3.05, 3.63) is 29.1 Å². The Kier molecular flexibility index (Phi) is 2.85. The first-order valence-electron chi connectivity index (χ1n) is 3.92. The Hall–Kier alpha value is -1.13. The average Bonchev–Trinajstić information content (AvgIpc) is 2.12. The second kappa shape index (κ2) is 3.72. The monoisotopic (exact) mass is 185 g/mol. The number of halogens is 1. The van der Waals surface area contributed by atoms with Crippen molar-refractivity contribution < 1.29 is 14.6 Å². The summed E-state index contributed by atoms with van der Waals surface area (Å²) in [6.07, 6.45) is 0. The van der Waals surface area contributed by atoms with Gasteiger partial charge in [-0.3, -0.25) is 0 Å².